The van der Waals surface area contributed by atoms with Crippen molar-refractivity contribution in [1.29, 1.82) is 0 Å². The number of hydrogen-bond donors (Lipinski definition) is 0. The van der Waals surface area contributed by atoms with Gasteiger partial charge in [-0.2, -0.15) is 0 Å². The fraction of sp³-hybridized carbons (Fsp3) is 0.0645. The first-order chi connectivity index (χ1) is 19.0. The molecule has 4 aromatic carbocycles. The molecule has 0 radical (unpaired) electrons. The quantitative estimate of drug-likeness (QED) is 0.133. The Morgan fingerprint density at radius 2 is 1.33 bits per heavy atom. The third-order valence-electron chi connectivity index (χ3n) is 6.12. The highest BCUT2D eigenvalue weighted by atomic mass is 79.9. The summed E-state index contributed by atoms with van der Waals surface area (Å²) in [5, 5.41) is 0.0907. The maximum absolute atomic E-state index is 13.7. The number of anilines is 2. The molecular formula is C31H23BrN2O4S. The third kappa shape index (κ3) is 5.48. The molecule has 0 bridgehead atoms. The van der Waals surface area contributed by atoms with Crippen LogP contribution in [-0.4, -0.2) is 24.0 Å². The Hall–Kier alpha value is -4.27. The van der Waals surface area contributed by atoms with Gasteiger partial charge in [-0.15, -0.1) is 0 Å². The molecule has 0 saturated carbocycles. The third-order valence-corrected chi connectivity index (χ3v) is 7.26. The fourth-order valence-electron chi connectivity index (χ4n) is 4.17. The van der Waals surface area contributed by atoms with Gasteiger partial charge in [0, 0.05) is 10.0 Å². The van der Waals surface area contributed by atoms with E-state index in [2.05, 4.69) is 15.9 Å². The molecule has 0 aliphatic carbocycles. The lowest BCUT2D eigenvalue weighted by Gasteiger charge is -2.36. The monoisotopic (exact) mass is 598 g/mol. The number of halogens is 1. The van der Waals surface area contributed by atoms with E-state index in [0.29, 0.717) is 35.0 Å². The van der Waals surface area contributed by atoms with E-state index >= 15 is 0 Å². The van der Waals surface area contributed by atoms with E-state index < -0.39 is 11.8 Å². The van der Waals surface area contributed by atoms with E-state index in [9.17, 15) is 9.59 Å². The molecule has 4 aromatic rings. The summed E-state index contributed by atoms with van der Waals surface area (Å²) in [6, 6.07) is 31.1. The molecule has 194 valence electrons. The lowest BCUT2D eigenvalue weighted by atomic mass is 10.0. The minimum atomic E-state index is -0.503. The number of rotatable bonds is 7. The molecule has 0 atom stereocenters. The molecule has 0 N–H and O–H groups in total. The van der Waals surface area contributed by atoms with E-state index in [-0.39, 0.29) is 10.7 Å². The number of ether oxygens (including phenoxy) is 2. The van der Waals surface area contributed by atoms with Crippen LogP contribution in [0.4, 0.5) is 11.4 Å². The van der Waals surface area contributed by atoms with E-state index in [4.69, 9.17) is 21.7 Å². The van der Waals surface area contributed by atoms with Gasteiger partial charge in [-0.3, -0.25) is 19.4 Å². The van der Waals surface area contributed by atoms with Crippen molar-refractivity contribution < 1.29 is 19.1 Å². The lowest BCUT2D eigenvalue weighted by molar-refractivity contribution is -0.120. The number of nitrogens with zero attached hydrogens (tertiary/aromatic N) is 2. The van der Waals surface area contributed by atoms with Crippen LogP contribution in [0.5, 0.6) is 11.5 Å². The zero-order valence-electron chi connectivity index (χ0n) is 20.9. The molecule has 6 nitrogen and oxygen atoms in total. The molecule has 39 heavy (non-hydrogen) atoms. The molecule has 1 heterocycles. The van der Waals surface area contributed by atoms with Crippen molar-refractivity contribution in [3.8, 4) is 11.5 Å². The van der Waals surface area contributed by atoms with Crippen molar-refractivity contribution in [3.63, 3.8) is 0 Å². The fourth-order valence-corrected chi connectivity index (χ4v) is 4.95. The van der Waals surface area contributed by atoms with Crippen molar-refractivity contribution in [1.82, 2.24) is 0 Å². The summed E-state index contributed by atoms with van der Waals surface area (Å²) in [5.74, 6) is 0.00497. The number of amides is 2. The molecule has 0 spiro atoms. The molecule has 1 aliphatic heterocycles. The number of hydrogen-bond acceptors (Lipinski definition) is 5. The largest absolute Gasteiger partial charge is 0.493 e. The van der Waals surface area contributed by atoms with Gasteiger partial charge < -0.3 is 9.47 Å². The SMILES string of the molecule is COc1cc(C=C2C(=O)N(c3ccccc3)C(=S)N(c3ccccc3)C2=O)ccc1OCc1ccccc1Br. The Kier molecular flexibility index (Phi) is 7.86. The van der Waals surface area contributed by atoms with Gasteiger partial charge in [0.05, 0.1) is 18.5 Å². The minimum absolute atomic E-state index is 0.0276. The Balaban J connectivity index is 1.51. The van der Waals surface area contributed by atoms with Gasteiger partial charge in [0.15, 0.2) is 16.6 Å². The van der Waals surface area contributed by atoms with Crippen LogP contribution in [0.25, 0.3) is 6.08 Å². The number of para-hydroxylation sites is 2. The normalized spacial score (nSPS) is 13.5. The van der Waals surface area contributed by atoms with Gasteiger partial charge in [0.2, 0.25) is 0 Å². The molecule has 1 fully saturated rings. The van der Waals surface area contributed by atoms with Crippen LogP contribution in [0.15, 0.2) is 113 Å². The molecule has 5 rings (SSSR count). The van der Waals surface area contributed by atoms with Crippen LogP contribution in [0.3, 0.4) is 0 Å². The number of thiocarbonyl (C=S) groups is 1. The summed E-state index contributed by atoms with van der Waals surface area (Å²) in [6.07, 6.45) is 1.55. The van der Waals surface area contributed by atoms with Crippen LogP contribution in [0.2, 0.25) is 0 Å². The predicted octanol–water partition coefficient (Wildman–Crippen LogP) is 6.79. The Morgan fingerprint density at radius 1 is 0.769 bits per heavy atom. The Morgan fingerprint density at radius 3 is 1.90 bits per heavy atom. The maximum atomic E-state index is 13.7. The van der Waals surface area contributed by atoms with Crippen molar-refractivity contribution in [2.75, 3.05) is 16.9 Å². The van der Waals surface area contributed by atoms with Crippen LogP contribution >= 0.6 is 28.1 Å². The Labute approximate surface area is 240 Å². The summed E-state index contributed by atoms with van der Waals surface area (Å²) in [4.78, 5) is 30.2. The summed E-state index contributed by atoms with van der Waals surface area (Å²) in [6.45, 7) is 0.338. The van der Waals surface area contributed by atoms with Crippen LogP contribution < -0.4 is 19.3 Å². The number of benzene rings is 4. The van der Waals surface area contributed by atoms with E-state index in [1.54, 1.807) is 55.7 Å². The molecular weight excluding hydrogens is 576 g/mol. The number of methoxy groups -OCH3 is 1. The van der Waals surface area contributed by atoms with Crippen molar-refractivity contribution >= 4 is 62.5 Å². The first-order valence-electron chi connectivity index (χ1n) is 12.1. The summed E-state index contributed by atoms with van der Waals surface area (Å²) in [7, 11) is 1.54. The standard InChI is InChI=1S/C31H23BrN2O4S/c1-37-28-19-21(16-17-27(28)38-20-22-10-8-9-15-26(22)32)18-25-29(35)33(23-11-4-2-5-12-23)31(39)34(30(25)36)24-13-6-3-7-14-24/h2-19H,20H2,1H3. The zero-order chi connectivity index (χ0) is 27.4. The highest BCUT2D eigenvalue weighted by Gasteiger charge is 2.41. The predicted molar refractivity (Wildman–Crippen MR) is 160 cm³/mol. The second-order valence-corrected chi connectivity index (χ2v) is 9.80. The second kappa shape index (κ2) is 11.6. The molecule has 8 heteroatoms. The van der Waals surface area contributed by atoms with Crippen molar-refractivity contribution in [2.45, 2.75) is 6.61 Å². The van der Waals surface area contributed by atoms with Gasteiger partial charge in [0.1, 0.15) is 12.2 Å². The van der Waals surface area contributed by atoms with E-state index in [1.165, 1.54) is 9.80 Å². The van der Waals surface area contributed by atoms with Crippen molar-refractivity contribution in [3.05, 3.63) is 124 Å². The van der Waals surface area contributed by atoms with Gasteiger partial charge in [-0.05, 0) is 66.3 Å². The Bertz CT molecular complexity index is 1510. The van der Waals surface area contributed by atoms with Gasteiger partial charge in [-0.25, -0.2) is 0 Å². The maximum Gasteiger partial charge on any atom is 0.270 e. The van der Waals surface area contributed by atoms with Crippen LogP contribution in [-0.2, 0) is 16.2 Å². The topological polar surface area (TPSA) is 59.1 Å². The minimum Gasteiger partial charge on any atom is -0.493 e. The smallest absolute Gasteiger partial charge is 0.270 e. The van der Waals surface area contributed by atoms with Crippen molar-refractivity contribution in [2.24, 2.45) is 0 Å². The highest BCUT2D eigenvalue weighted by Crippen LogP contribution is 2.33. The van der Waals surface area contributed by atoms with E-state index in [0.717, 1.165) is 10.0 Å². The second-order valence-electron chi connectivity index (χ2n) is 8.58. The average molecular weight is 600 g/mol. The molecule has 0 aromatic heterocycles. The molecule has 1 aliphatic rings. The van der Waals surface area contributed by atoms with Crippen LogP contribution in [0, 0.1) is 0 Å². The number of carbonyl (C=O) groups excluding carboxylic acids is 2. The summed E-state index contributed by atoms with van der Waals surface area (Å²) < 4.78 is 12.5. The number of carbonyl (C=O) groups is 2. The summed E-state index contributed by atoms with van der Waals surface area (Å²) >= 11 is 9.19. The van der Waals surface area contributed by atoms with E-state index in [1.807, 2.05) is 60.7 Å². The average Bonchev–Trinajstić information content (AvgIpc) is 2.96. The lowest BCUT2D eigenvalue weighted by Crippen LogP contribution is -2.56. The summed E-state index contributed by atoms with van der Waals surface area (Å²) in [5.41, 5.74) is 2.70. The van der Waals surface area contributed by atoms with Gasteiger partial charge >= 0.3 is 0 Å². The van der Waals surface area contributed by atoms with Gasteiger partial charge in [-0.1, -0.05) is 76.6 Å². The molecule has 0 unspecified atom stereocenters. The highest BCUT2D eigenvalue weighted by molar-refractivity contribution is 9.10. The zero-order valence-corrected chi connectivity index (χ0v) is 23.3. The molecule has 1 saturated heterocycles. The first kappa shape index (κ1) is 26.3. The van der Waals surface area contributed by atoms with Gasteiger partial charge in [0.25, 0.3) is 11.8 Å². The van der Waals surface area contributed by atoms with Crippen LogP contribution in [0.1, 0.15) is 11.1 Å². The first-order valence-corrected chi connectivity index (χ1v) is 13.3. The molecule has 2 amide bonds.